The summed E-state index contributed by atoms with van der Waals surface area (Å²) in [5, 5.41) is 3.92. The molecular weight excluding hydrogens is 274 g/mol. The Balaban J connectivity index is 2.23. The van der Waals surface area contributed by atoms with Crippen molar-refractivity contribution in [2.24, 2.45) is 0 Å². The van der Waals surface area contributed by atoms with Gasteiger partial charge in [-0.25, -0.2) is 13.4 Å². The summed E-state index contributed by atoms with van der Waals surface area (Å²) in [6.45, 7) is 0. The molecular formula is C14H13N3O2S. The van der Waals surface area contributed by atoms with Gasteiger partial charge in [-0.2, -0.15) is 0 Å². The summed E-state index contributed by atoms with van der Waals surface area (Å²) >= 11 is 0. The van der Waals surface area contributed by atoms with E-state index in [0.29, 0.717) is 11.3 Å². The number of sulfone groups is 1. The molecule has 0 atom stereocenters. The first-order chi connectivity index (χ1) is 9.55. The molecule has 0 saturated heterocycles. The summed E-state index contributed by atoms with van der Waals surface area (Å²) in [5.41, 5.74) is 2.02. The van der Waals surface area contributed by atoms with E-state index >= 15 is 0 Å². The maximum atomic E-state index is 11.9. The highest BCUT2D eigenvalue weighted by Crippen LogP contribution is 2.31. The lowest BCUT2D eigenvalue weighted by Gasteiger charge is -2.11. The maximum absolute atomic E-state index is 11.9. The minimum atomic E-state index is -3.36. The molecule has 102 valence electrons. The molecule has 0 radical (unpaired) electrons. The molecule has 0 fully saturated rings. The zero-order chi connectivity index (χ0) is 14.2. The third-order valence-corrected chi connectivity index (χ3v) is 4.10. The highest BCUT2D eigenvalue weighted by atomic mass is 32.2. The van der Waals surface area contributed by atoms with Crippen molar-refractivity contribution in [1.82, 2.24) is 9.97 Å². The number of H-pyrrole nitrogens is 1. The first kappa shape index (κ1) is 12.7. The van der Waals surface area contributed by atoms with Crippen molar-refractivity contribution in [1.29, 1.82) is 0 Å². The van der Waals surface area contributed by atoms with E-state index in [-0.39, 0.29) is 4.90 Å². The van der Waals surface area contributed by atoms with E-state index in [1.54, 1.807) is 6.20 Å². The topological polar surface area (TPSA) is 74.8 Å². The molecule has 0 unspecified atom stereocenters. The normalized spacial score (nSPS) is 11.7. The minimum Gasteiger partial charge on any atom is -0.354 e. The zero-order valence-corrected chi connectivity index (χ0v) is 11.6. The monoisotopic (exact) mass is 287 g/mol. The molecule has 20 heavy (non-hydrogen) atoms. The lowest BCUT2D eigenvalue weighted by Crippen LogP contribution is -2.04. The van der Waals surface area contributed by atoms with E-state index in [4.69, 9.17) is 0 Å². The smallest absolute Gasteiger partial charge is 0.179 e. The summed E-state index contributed by atoms with van der Waals surface area (Å²) in [6, 6.07) is 11.2. The van der Waals surface area contributed by atoms with Crippen LogP contribution in [0.3, 0.4) is 0 Å². The number of aromatic nitrogens is 2. The molecule has 0 aliphatic heterocycles. The second-order valence-electron chi connectivity index (χ2n) is 4.50. The summed E-state index contributed by atoms with van der Waals surface area (Å²) < 4.78 is 23.8. The van der Waals surface area contributed by atoms with Crippen LogP contribution >= 0.6 is 0 Å². The van der Waals surface area contributed by atoms with Gasteiger partial charge in [-0.1, -0.05) is 18.2 Å². The van der Waals surface area contributed by atoms with E-state index in [1.165, 1.54) is 12.5 Å². The van der Waals surface area contributed by atoms with Gasteiger partial charge in [-0.05, 0) is 18.2 Å². The first-order valence-corrected chi connectivity index (χ1v) is 7.93. The highest BCUT2D eigenvalue weighted by molar-refractivity contribution is 7.90. The van der Waals surface area contributed by atoms with Crippen molar-refractivity contribution >= 4 is 32.2 Å². The third kappa shape index (κ3) is 2.25. The van der Waals surface area contributed by atoms with Crippen LogP contribution in [0.5, 0.6) is 0 Å². The van der Waals surface area contributed by atoms with Gasteiger partial charge in [0.1, 0.15) is 10.5 Å². The van der Waals surface area contributed by atoms with Crippen LogP contribution in [0.1, 0.15) is 0 Å². The molecule has 0 aliphatic rings. The lowest BCUT2D eigenvalue weighted by molar-refractivity contribution is 0.602. The molecule has 0 amide bonds. The van der Waals surface area contributed by atoms with Crippen molar-refractivity contribution in [3.8, 4) is 0 Å². The van der Waals surface area contributed by atoms with Crippen molar-refractivity contribution in [3.63, 3.8) is 0 Å². The second kappa shape index (κ2) is 4.64. The molecule has 3 rings (SSSR count). The predicted molar refractivity (Wildman–Crippen MR) is 78.9 cm³/mol. The Hall–Kier alpha value is -2.34. The highest BCUT2D eigenvalue weighted by Gasteiger charge is 2.17. The number of nitrogens with one attached hydrogen (secondary N) is 2. The fourth-order valence-electron chi connectivity index (χ4n) is 2.07. The van der Waals surface area contributed by atoms with Gasteiger partial charge in [0.2, 0.25) is 0 Å². The molecule has 3 aromatic rings. The van der Waals surface area contributed by atoms with Gasteiger partial charge in [0.05, 0.1) is 11.9 Å². The van der Waals surface area contributed by atoms with E-state index in [2.05, 4.69) is 15.3 Å². The zero-order valence-electron chi connectivity index (χ0n) is 10.8. The number of hydrogen-bond acceptors (Lipinski definition) is 4. The van der Waals surface area contributed by atoms with Crippen LogP contribution in [-0.4, -0.2) is 24.6 Å². The fourth-order valence-corrected chi connectivity index (χ4v) is 2.84. The van der Waals surface area contributed by atoms with Crippen LogP contribution in [0.2, 0.25) is 0 Å². The molecule has 0 bridgehead atoms. The van der Waals surface area contributed by atoms with E-state index in [1.807, 2.05) is 36.4 Å². The molecule has 6 heteroatoms. The number of nitrogens with zero attached hydrogens (tertiary/aromatic N) is 1. The SMILES string of the molecule is CS(=O)(=O)c1cnc2[nH]ccc2c1Nc1ccccc1. The summed E-state index contributed by atoms with van der Waals surface area (Å²) in [7, 11) is -3.36. The largest absolute Gasteiger partial charge is 0.354 e. The van der Waals surface area contributed by atoms with Crippen molar-refractivity contribution in [3.05, 3.63) is 48.8 Å². The van der Waals surface area contributed by atoms with Crippen molar-refractivity contribution < 1.29 is 8.42 Å². The molecule has 5 nitrogen and oxygen atoms in total. The maximum Gasteiger partial charge on any atom is 0.179 e. The Kier molecular flexibility index (Phi) is 2.94. The van der Waals surface area contributed by atoms with Crippen molar-refractivity contribution in [2.75, 3.05) is 11.6 Å². The lowest BCUT2D eigenvalue weighted by atomic mass is 10.2. The van der Waals surface area contributed by atoms with Gasteiger partial charge in [0, 0.05) is 23.5 Å². The predicted octanol–water partition coefficient (Wildman–Crippen LogP) is 2.71. The molecule has 0 aliphatic carbocycles. The van der Waals surface area contributed by atoms with E-state index < -0.39 is 9.84 Å². The molecule has 0 saturated carbocycles. The fraction of sp³-hybridized carbons (Fsp3) is 0.0714. The van der Waals surface area contributed by atoms with Gasteiger partial charge in [-0.15, -0.1) is 0 Å². The van der Waals surface area contributed by atoms with E-state index in [0.717, 1.165) is 11.1 Å². The van der Waals surface area contributed by atoms with Crippen LogP contribution in [0.15, 0.2) is 53.7 Å². The quantitative estimate of drug-likeness (QED) is 0.776. The van der Waals surface area contributed by atoms with Crippen LogP contribution in [0.4, 0.5) is 11.4 Å². The average Bonchev–Trinajstić information content (AvgIpc) is 2.87. The van der Waals surface area contributed by atoms with Gasteiger partial charge < -0.3 is 10.3 Å². The van der Waals surface area contributed by atoms with Crippen LogP contribution in [0, 0.1) is 0 Å². The van der Waals surface area contributed by atoms with Gasteiger partial charge in [0.25, 0.3) is 0 Å². The van der Waals surface area contributed by atoms with Gasteiger partial charge in [0.15, 0.2) is 9.84 Å². The number of anilines is 2. The third-order valence-electron chi connectivity index (χ3n) is 2.99. The Morgan fingerprint density at radius 3 is 2.60 bits per heavy atom. The second-order valence-corrected chi connectivity index (χ2v) is 6.48. The standard InChI is InChI=1S/C14H13N3O2S/c1-20(18,19)12-9-16-14-11(7-8-15-14)13(12)17-10-5-3-2-4-6-10/h2-9H,1H3,(H2,15,16,17). The first-order valence-electron chi connectivity index (χ1n) is 6.04. The Bertz CT molecular complexity index is 855. The average molecular weight is 287 g/mol. The molecule has 0 spiro atoms. The minimum absolute atomic E-state index is 0.188. The molecule has 2 N–H and O–H groups in total. The summed E-state index contributed by atoms with van der Waals surface area (Å²) in [5.74, 6) is 0. The van der Waals surface area contributed by atoms with Crippen LogP contribution in [-0.2, 0) is 9.84 Å². The Morgan fingerprint density at radius 2 is 1.90 bits per heavy atom. The Morgan fingerprint density at radius 1 is 1.15 bits per heavy atom. The number of pyridine rings is 1. The van der Waals surface area contributed by atoms with Crippen LogP contribution in [0.25, 0.3) is 11.0 Å². The Labute approximate surface area is 116 Å². The molecule has 1 aromatic carbocycles. The summed E-state index contributed by atoms with van der Waals surface area (Å²) in [4.78, 5) is 7.30. The number of fused-ring (bicyclic) bond motifs is 1. The van der Waals surface area contributed by atoms with E-state index in [9.17, 15) is 8.42 Å². The van der Waals surface area contributed by atoms with Gasteiger partial charge in [-0.3, -0.25) is 0 Å². The number of benzene rings is 1. The van der Waals surface area contributed by atoms with Gasteiger partial charge >= 0.3 is 0 Å². The van der Waals surface area contributed by atoms with Crippen molar-refractivity contribution in [2.45, 2.75) is 4.90 Å². The number of hydrogen-bond donors (Lipinski definition) is 2. The molecule has 2 heterocycles. The number of rotatable bonds is 3. The molecule has 2 aromatic heterocycles. The number of para-hydroxylation sites is 1. The number of aromatic amines is 1. The summed E-state index contributed by atoms with van der Waals surface area (Å²) in [6.07, 6.45) is 4.29. The van der Waals surface area contributed by atoms with Crippen LogP contribution < -0.4 is 5.32 Å².